The smallest absolute Gasteiger partial charge is 0.303 e. The van der Waals surface area contributed by atoms with Gasteiger partial charge in [0, 0.05) is 24.4 Å². The highest BCUT2D eigenvalue weighted by atomic mass is 79.9. The van der Waals surface area contributed by atoms with Gasteiger partial charge in [0.15, 0.2) is 9.75 Å². The van der Waals surface area contributed by atoms with E-state index in [4.69, 9.17) is 33.0 Å². The second kappa shape index (κ2) is 10.9. The Hall–Kier alpha value is -2.63. The number of carboxylic acid groups (broad SMARTS) is 1. The number of aliphatic carboxylic acids is 1. The van der Waals surface area contributed by atoms with Gasteiger partial charge in [-0.2, -0.15) is 0 Å². The number of carbonyl (C=O) groups excluding carboxylic acids is 4. The maximum atomic E-state index is 13.8. The summed E-state index contributed by atoms with van der Waals surface area (Å²) in [6.07, 6.45) is 3.32. The maximum Gasteiger partial charge on any atom is 0.303 e. The van der Waals surface area contributed by atoms with E-state index < -0.39 is 51.2 Å². The quantitative estimate of drug-likeness (QED) is 0.133. The van der Waals surface area contributed by atoms with E-state index in [0.717, 1.165) is 4.90 Å². The third kappa shape index (κ3) is 4.38. The van der Waals surface area contributed by atoms with Crippen molar-refractivity contribution in [2.75, 3.05) is 19.1 Å². The summed E-state index contributed by atoms with van der Waals surface area (Å²) in [6.45, 7) is 0.159. The first kappa shape index (κ1) is 29.8. The topological polar surface area (TPSA) is 142 Å². The van der Waals surface area contributed by atoms with E-state index in [-0.39, 0.29) is 54.4 Å². The van der Waals surface area contributed by atoms with Crippen molar-refractivity contribution >= 4 is 68.7 Å². The Bertz CT molecular complexity index is 1370. The zero-order chi connectivity index (χ0) is 29.9. The van der Waals surface area contributed by atoms with Crippen LogP contribution in [0.15, 0.2) is 29.8 Å². The number of amides is 4. The molecule has 0 aromatic heterocycles. The van der Waals surface area contributed by atoms with Crippen LogP contribution >= 0.6 is 39.1 Å². The Morgan fingerprint density at radius 1 is 1.07 bits per heavy atom. The van der Waals surface area contributed by atoms with Gasteiger partial charge < -0.3 is 14.9 Å². The molecule has 10 nitrogen and oxygen atoms in total. The van der Waals surface area contributed by atoms with Crippen LogP contribution in [0.3, 0.4) is 0 Å². The molecule has 13 heteroatoms. The molecule has 0 unspecified atom stereocenters. The predicted molar refractivity (Wildman–Crippen MR) is 151 cm³/mol. The molecule has 220 valence electrons. The van der Waals surface area contributed by atoms with E-state index in [2.05, 4.69) is 15.9 Å². The van der Waals surface area contributed by atoms with Crippen LogP contribution in [0, 0.1) is 17.8 Å². The maximum absolute atomic E-state index is 13.8. The third-order valence-electron chi connectivity index (χ3n) is 8.92. The number of allylic oxidation sites excluding steroid dienone is 2. The van der Waals surface area contributed by atoms with Crippen molar-refractivity contribution < 1.29 is 38.9 Å². The summed E-state index contributed by atoms with van der Waals surface area (Å²) in [5.74, 6) is -6.14. The monoisotopic (exact) mass is 670 g/mol. The lowest BCUT2D eigenvalue weighted by Crippen LogP contribution is -2.60. The lowest BCUT2D eigenvalue weighted by atomic mass is 9.56. The molecule has 0 radical (unpaired) electrons. The molecule has 6 atom stereocenters. The number of likely N-dealkylation sites (tertiary alicyclic amines) is 2. The fourth-order valence-electron chi connectivity index (χ4n) is 7.00. The number of halogens is 3. The number of phenolic OH excluding ortho intramolecular Hbond substituents is 1. The Kier molecular flexibility index (Phi) is 7.93. The van der Waals surface area contributed by atoms with Crippen molar-refractivity contribution in [3.63, 3.8) is 0 Å². The summed E-state index contributed by atoms with van der Waals surface area (Å²) in [5, 5.41) is 19.9. The van der Waals surface area contributed by atoms with Crippen molar-refractivity contribution in [1.29, 1.82) is 0 Å². The van der Waals surface area contributed by atoms with Crippen LogP contribution in [-0.4, -0.2) is 78.5 Å². The normalized spacial score (nSPS) is 32.5. The number of carboxylic acids is 1. The molecule has 3 fully saturated rings. The summed E-state index contributed by atoms with van der Waals surface area (Å²) in [7, 11) is 1.45. The van der Waals surface area contributed by atoms with E-state index in [1.165, 1.54) is 24.1 Å². The van der Waals surface area contributed by atoms with Crippen molar-refractivity contribution in [2.45, 2.75) is 54.2 Å². The SMILES string of the molecule is COc1ccc(O)c([C@H]2C3=CC[C@@H]4C(=O)N(CCCCCC(=O)O)C(=O)[C@@H]4[C@@H]3C[C@@]3(Cl)C(=O)N(CBr)C(=O)[C@@]23Cl)c1. The molecule has 2 aliphatic carbocycles. The molecular formula is C28H29BrCl2N2O8. The van der Waals surface area contributed by atoms with Gasteiger partial charge in [0.05, 0.1) is 24.4 Å². The molecule has 4 aliphatic rings. The van der Waals surface area contributed by atoms with Gasteiger partial charge in [-0.05, 0) is 49.8 Å². The molecule has 1 aromatic rings. The van der Waals surface area contributed by atoms with Crippen molar-refractivity contribution in [1.82, 2.24) is 9.80 Å². The van der Waals surface area contributed by atoms with Crippen LogP contribution in [0.5, 0.6) is 11.5 Å². The number of alkyl halides is 3. The number of ether oxygens (including phenoxy) is 1. The number of carbonyl (C=O) groups is 5. The van der Waals surface area contributed by atoms with Crippen LogP contribution < -0.4 is 4.74 Å². The average molecular weight is 672 g/mol. The van der Waals surface area contributed by atoms with Gasteiger partial charge in [-0.15, -0.1) is 23.2 Å². The largest absolute Gasteiger partial charge is 0.508 e. The fourth-order valence-corrected chi connectivity index (χ4v) is 8.42. The van der Waals surface area contributed by atoms with Gasteiger partial charge in [-0.25, -0.2) is 0 Å². The number of imide groups is 2. The number of fused-ring (bicyclic) bond motifs is 4. The number of hydrogen-bond acceptors (Lipinski definition) is 7. The van der Waals surface area contributed by atoms with Crippen LogP contribution in [-0.2, 0) is 24.0 Å². The molecule has 4 amide bonds. The van der Waals surface area contributed by atoms with Crippen molar-refractivity contribution in [3.05, 3.63) is 35.4 Å². The number of aromatic hydroxyl groups is 1. The first-order valence-electron chi connectivity index (χ1n) is 13.4. The van der Waals surface area contributed by atoms with Crippen LogP contribution in [0.1, 0.15) is 50.0 Å². The number of unbranched alkanes of at least 4 members (excludes halogenated alkanes) is 2. The van der Waals surface area contributed by atoms with E-state index in [0.29, 0.717) is 30.6 Å². The van der Waals surface area contributed by atoms with Crippen LogP contribution in [0.2, 0.25) is 0 Å². The predicted octanol–water partition coefficient (Wildman–Crippen LogP) is 3.76. The minimum atomic E-state index is -2.02. The number of phenols is 1. The summed E-state index contributed by atoms with van der Waals surface area (Å²) >= 11 is 17.5. The standard InChI is InChI=1S/C28H29BrCl2N2O8/c1-41-14-6-9-19(34)17(11-14)22-15-7-8-16-21(24(38)32(23(16)37)10-4-2-3-5-20(35)36)18(15)12-27(30)25(39)33(13-29)26(40)28(22,27)31/h6-7,9,11,16,18,21-22,34H,2-5,8,10,12-13H2,1H3,(H,35,36)/t16-,18+,21-,22+,27+,28-/m0/s1. The van der Waals surface area contributed by atoms with E-state index in [9.17, 15) is 29.1 Å². The van der Waals surface area contributed by atoms with Crippen LogP contribution in [0.4, 0.5) is 0 Å². The minimum Gasteiger partial charge on any atom is -0.508 e. The molecule has 2 heterocycles. The number of rotatable bonds is 9. The van der Waals surface area contributed by atoms with Gasteiger partial charge in [-0.1, -0.05) is 34.0 Å². The summed E-state index contributed by atoms with van der Waals surface area (Å²) in [6, 6.07) is 4.48. The second-order valence-corrected chi connectivity index (χ2v) is 12.7. The van der Waals surface area contributed by atoms with Crippen molar-refractivity contribution in [3.8, 4) is 11.5 Å². The highest BCUT2D eigenvalue weighted by molar-refractivity contribution is 9.09. The molecule has 2 N–H and O–H groups in total. The zero-order valence-electron chi connectivity index (χ0n) is 22.1. The molecule has 5 rings (SSSR count). The summed E-state index contributed by atoms with van der Waals surface area (Å²) in [5.41, 5.74) is 0.652. The minimum absolute atomic E-state index is 0.0111. The molecule has 0 bridgehead atoms. The Balaban J connectivity index is 1.56. The van der Waals surface area contributed by atoms with Gasteiger partial charge in [0.1, 0.15) is 11.5 Å². The molecule has 41 heavy (non-hydrogen) atoms. The molecule has 2 saturated heterocycles. The molecule has 1 aromatic carbocycles. The number of nitrogens with zero attached hydrogens (tertiary/aromatic N) is 2. The van der Waals surface area contributed by atoms with E-state index >= 15 is 0 Å². The summed E-state index contributed by atoms with van der Waals surface area (Å²) in [4.78, 5) is 63.6. The highest BCUT2D eigenvalue weighted by Crippen LogP contribution is 2.66. The van der Waals surface area contributed by atoms with Gasteiger partial charge in [-0.3, -0.25) is 33.8 Å². The second-order valence-electron chi connectivity index (χ2n) is 10.9. The number of hydrogen-bond donors (Lipinski definition) is 2. The number of benzene rings is 1. The van der Waals surface area contributed by atoms with Gasteiger partial charge in [0.25, 0.3) is 11.8 Å². The van der Waals surface area contributed by atoms with Gasteiger partial charge >= 0.3 is 5.97 Å². The summed E-state index contributed by atoms with van der Waals surface area (Å²) < 4.78 is 5.36. The lowest BCUT2D eigenvalue weighted by Gasteiger charge is -2.50. The Morgan fingerprint density at radius 3 is 2.46 bits per heavy atom. The van der Waals surface area contributed by atoms with E-state index in [1.807, 2.05) is 0 Å². The molecule has 1 saturated carbocycles. The third-order valence-corrected chi connectivity index (χ3v) is 10.8. The fraction of sp³-hybridized carbons (Fsp3) is 0.536. The Morgan fingerprint density at radius 2 is 1.80 bits per heavy atom. The first-order chi connectivity index (χ1) is 19.4. The van der Waals surface area contributed by atoms with Crippen LogP contribution in [0.25, 0.3) is 0 Å². The number of methoxy groups -OCH3 is 1. The van der Waals surface area contributed by atoms with Crippen molar-refractivity contribution in [2.24, 2.45) is 17.8 Å². The zero-order valence-corrected chi connectivity index (χ0v) is 25.2. The molecule has 0 spiro atoms. The Labute approximate surface area is 254 Å². The van der Waals surface area contributed by atoms with Gasteiger partial charge in [0.2, 0.25) is 11.8 Å². The molecule has 2 aliphatic heterocycles. The highest BCUT2D eigenvalue weighted by Gasteiger charge is 2.76. The first-order valence-corrected chi connectivity index (χ1v) is 15.2. The average Bonchev–Trinajstić information content (AvgIpc) is 3.26. The lowest BCUT2D eigenvalue weighted by molar-refractivity contribution is -0.141. The van der Waals surface area contributed by atoms with E-state index in [1.54, 1.807) is 12.1 Å². The molecular weight excluding hydrogens is 643 g/mol.